The van der Waals surface area contributed by atoms with Crippen molar-refractivity contribution in [3.63, 3.8) is 0 Å². The van der Waals surface area contributed by atoms with Gasteiger partial charge in [0.15, 0.2) is 0 Å². The Hall–Kier alpha value is -1.39. The molecule has 1 aliphatic carbocycles. The number of nitrogens with two attached hydrogens (primary N) is 1. The van der Waals surface area contributed by atoms with Crippen LogP contribution in [0, 0.1) is 0 Å². The molecule has 98 valence electrons. The van der Waals surface area contributed by atoms with E-state index in [0.717, 1.165) is 18.4 Å². The van der Waals surface area contributed by atoms with Gasteiger partial charge in [-0.3, -0.25) is 4.79 Å². The summed E-state index contributed by atoms with van der Waals surface area (Å²) in [4.78, 5) is 11.8. The third kappa shape index (κ3) is 3.09. The summed E-state index contributed by atoms with van der Waals surface area (Å²) in [5, 5.41) is 12.0. The van der Waals surface area contributed by atoms with Gasteiger partial charge in [-0.25, -0.2) is 0 Å². The fourth-order valence-electron chi connectivity index (χ4n) is 2.02. The van der Waals surface area contributed by atoms with Crippen molar-refractivity contribution in [2.75, 3.05) is 13.2 Å². The Labute approximate surface area is 107 Å². The van der Waals surface area contributed by atoms with E-state index in [1.54, 1.807) is 0 Å². The molecule has 4 nitrogen and oxygen atoms in total. The zero-order valence-corrected chi connectivity index (χ0v) is 10.4. The number of amides is 1. The quantitative estimate of drug-likeness (QED) is 0.695. The second-order valence-corrected chi connectivity index (χ2v) is 4.99. The van der Waals surface area contributed by atoms with E-state index in [0.29, 0.717) is 13.0 Å². The van der Waals surface area contributed by atoms with Gasteiger partial charge in [0.2, 0.25) is 5.91 Å². The summed E-state index contributed by atoms with van der Waals surface area (Å²) < 4.78 is 0. The first-order valence-electron chi connectivity index (χ1n) is 6.39. The van der Waals surface area contributed by atoms with E-state index in [1.807, 2.05) is 30.3 Å². The molecule has 1 aromatic carbocycles. The SMILES string of the molecule is NC1(C(=O)NCC(CCO)c2ccccc2)CC1. The summed E-state index contributed by atoms with van der Waals surface area (Å²) in [6.07, 6.45) is 2.19. The number of aliphatic hydroxyl groups is 1. The summed E-state index contributed by atoms with van der Waals surface area (Å²) in [7, 11) is 0. The summed E-state index contributed by atoms with van der Waals surface area (Å²) in [5.74, 6) is 0.0730. The number of rotatable bonds is 6. The van der Waals surface area contributed by atoms with E-state index in [9.17, 15) is 4.79 Å². The average molecular weight is 248 g/mol. The number of carbonyl (C=O) groups excluding carboxylic acids is 1. The minimum absolute atomic E-state index is 0.0682. The van der Waals surface area contributed by atoms with Crippen molar-refractivity contribution in [1.82, 2.24) is 5.32 Å². The summed E-state index contributed by atoms with van der Waals surface area (Å²) in [6, 6.07) is 9.92. The standard InChI is InChI=1S/C14H20N2O2/c15-14(7-8-14)13(18)16-10-12(6-9-17)11-4-2-1-3-5-11/h1-5,12,17H,6-10,15H2,(H,16,18). The first-order chi connectivity index (χ1) is 8.65. The molecule has 0 bridgehead atoms. The lowest BCUT2D eigenvalue weighted by atomic mass is 9.96. The van der Waals surface area contributed by atoms with Gasteiger partial charge in [0, 0.05) is 19.1 Å². The molecule has 1 amide bonds. The lowest BCUT2D eigenvalue weighted by molar-refractivity contribution is -0.123. The maximum Gasteiger partial charge on any atom is 0.240 e. The maximum absolute atomic E-state index is 11.8. The highest BCUT2D eigenvalue weighted by molar-refractivity contribution is 5.88. The zero-order chi connectivity index (χ0) is 13.0. The first-order valence-corrected chi connectivity index (χ1v) is 6.39. The van der Waals surface area contributed by atoms with Crippen molar-refractivity contribution in [2.45, 2.75) is 30.7 Å². The molecule has 0 radical (unpaired) electrons. The highest BCUT2D eigenvalue weighted by Crippen LogP contribution is 2.32. The van der Waals surface area contributed by atoms with Crippen molar-refractivity contribution in [1.29, 1.82) is 0 Å². The molecule has 0 saturated heterocycles. The lowest BCUT2D eigenvalue weighted by Crippen LogP contribution is -2.44. The molecule has 1 fully saturated rings. The van der Waals surface area contributed by atoms with Crippen molar-refractivity contribution < 1.29 is 9.90 Å². The second-order valence-electron chi connectivity index (χ2n) is 4.99. The van der Waals surface area contributed by atoms with Gasteiger partial charge >= 0.3 is 0 Å². The molecule has 1 saturated carbocycles. The van der Waals surface area contributed by atoms with Gasteiger partial charge in [-0.15, -0.1) is 0 Å². The Balaban J connectivity index is 1.92. The first kappa shape index (κ1) is 13.1. The van der Waals surface area contributed by atoms with E-state index in [4.69, 9.17) is 10.8 Å². The monoisotopic (exact) mass is 248 g/mol. The molecule has 1 unspecified atom stereocenters. The van der Waals surface area contributed by atoms with Crippen LogP contribution in [-0.2, 0) is 4.79 Å². The van der Waals surface area contributed by atoms with E-state index >= 15 is 0 Å². The molecular weight excluding hydrogens is 228 g/mol. The third-order valence-corrected chi connectivity index (χ3v) is 3.50. The number of nitrogens with one attached hydrogen (secondary N) is 1. The Kier molecular flexibility index (Phi) is 3.99. The van der Waals surface area contributed by atoms with Crippen LogP contribution in [0.15, 0.2) is 30.3 Å². The number of carbonyl (C=O) groups is 1. The van der Waals surface area contributed by atoms with Crippen LogP contribution in [-0.4, -0.2) is 29.7 Å². The van der Waals surface area contributed by atoms with E-state index in [2.05, 4.69) is 5.32 Å². The molecular formula is C14H20N2O2. The van der Waals surface area contributed by atoms with Gasteiger partial charge in [-0.1, -0.05) is 30.3 Å². The van der Waals surface area contributed by atoms with Crippen LogP contribution in [0.3, 0.4) is 0 Å². The highest BCUT2D eigenvalue weighted by atomic mass is 16.3. The minimum Gasteiger partial charge on any atom is -0.396 e. The molecule has 1 aliphatic rings. The van der Waals surface area contributed by atoms with Gasteiger partial charge in [0.1, 0.15) is 0 Å². The van der Waals surface area contributed by atoms with Crippen molar-refractivity contribution in [2.24, 2.45) is 5.73 Å². The van der Waals surface area contributed by atoms with Gasteiger partial charge in [-0.2, -0.15) is 0 Å². The zero-order valence-electron chi connectivity index (χ0n) is 10.4. The Morgan fingerprint density at radius 3 is 2.61 bits per heavy atom. The van der Waals surface area contributed by atoms with Crippen molar-refractivity contribution in [3.05, 3.63) is 35.9 Å². The average Bonchev–Trinajstić information content (AvgIpc) is 3.14. The summed E-state index contributed by atoms with van der Waals surface area (Å²) >= 11 is 0. The minimum atomic E-state index is -0.625. The molecule has 0 aliphatic heterocycles. The van der Waals surface area contributed by atoms with Crippen molar-refractivity contribution in [3.8, 4) is 0 Å². The fourth-order valence-corrected chi connectivity index (χ4v) is 2.02. The second kappa shape index (κ2) is 5.50. The van der Waals surface area contributed by atoms with E-state index < -0.39 is 5.54 Å². The van der Waals surface area contributed by atoms with Crippen LogP contribution in [0.5, 0.6) is 0 Å². The van der Waals surface area contributed by atoms with Gasteiger partial charge in [-0.05, 0) is 24.8 Å². The number of hydrogen-bond acceptors (Lipinski definition) is 3. The van der Waals surface area contributed by atoms with Gasteiger partial charge in [0.25, 0.3) is 0 Å². The number of aliphatic hydroxyl groups excluding tert-OH is 1. The Bertz CT molecular complexity index is 402. The molecule has 1 aromatic rings. The summed E-state index contributed by atoms with van der Waals surface area (Å²) in [6.45, 7) is 0.644. The van der Waals surface area contributed by atoms with Crippen LogP contribution >= 0.6 is 0 Å². The smallest absolute Gasteiger partial charge is 0.240 e. The Morgan fingerprint density at radius 2 is 2.06 bits per heavy atom. The van der Waals surface area contributed by atoms with E-state index in [-0.39, 0.29) is 18.4 Å². The van der Waals surface area contributed by atoms with Gasteiger partial charge < -0.3 is 16.2 Å². The third-order valence-electron chi connectivity index (χ3n) is 3.50. The molecule has 18 heavy (non-hydrogen) atoms. The molecule has 4 N–H and O–H groups in total. The maximum atomic E-state index is 11.8. The summed E-state index contributed by atoms with van der Waals surface area (Å²) in [5.41, 5.74) is 6.34. The number of benzene rings is 1. The van der Waals surface area contributed by atoms with Gasteiger partial charge in [0.05, 0.1) is 5.54 Å². The van der Waals surface area contributed by atoms with E-state index in [1.165, 1.54) is 0 Å². The van der Waals surface area contributed by atoms with Crippen LogP contribution in [0.4, 0.5) is 0 Å². The predicted molar refractivity (Wildman–Crippen MR) is 70.0 cm³/mol. The Morgan fingerprint density at radius 1 is 1.39 bits per heavy atom. The molecule has 0 spiro atoms. The van der Waals surface area contributed by atoms with Crippen molar-refractivity contribution >= 4 is 5.91 Å². The highest BCUT2D eigenvalue weighted by Gasteiger charge is 2.45. The largest absolute Gasteiger partial charge is 0.396 e. The molecule has 4 heteroatoms. The number of hydrogen-bond donors (Lipinski definition) is 3. The fraction of sp³-hybridized carbons (Fsp3) is 0.500. The van der Waals surface area contributed by atoms with Crippen LogP contribution < -0.4 is 11.1 Å². The predicted octanol–water partition coefficient (Wildman–Crippen LogP) is 0.760. The van der Waals surface area contributed by atoms with Crippen LogP contribution in [0.1, 0.15) is 30.7 Å². The lowest BCUT2D eigenvalue weighted by Gasteiger charge is -2.18. The molecule has 1 atom stereocenters. The molecule has 0 aromatic heterocycles. The normalized spacial score (nSPS) is 18.1. The topological polar surface area (TPSA) is 75.4 Å². The molecule has 0 heterocycles. The van der Waals surface area contributed by atoms with Crippen LogP contribution in [0.2, 0.25) is 0 Å². The van der Waals surface area contributed by atoms with Crippen LogP contribution in [0.25, 0.3) is 0 Å². The molecule has 2 rings (SSSR count).